The molecule has 4 nitrogen and oxygen atoms in total. The van der Waals surface area contributed by atoms with E-state index in [2.05, 4.69) is 12.2 Å². The third kappa shape index (κ3) is 7.65. The van der Waals surface area contributed by atoms with Gasteiger partial charge in [0, 0.05) is 13.0 Å². The molecule has 0 aliphatic heterocycles. The zero-order valence-corrected chi connectivity index (χ0v) is 10.5. The molecule has 0 aliphatic rings. The predicted molar refractivity (Wildman–Crippen MR) is 66.0 cm³/mol. The predicted octanol–water partition coefficient (Wildman–Crippen LogP) is 1.03. The van der Waals surface area contributed by atoms with Gasteiger partial charge in [0.1, 0.15) is 0 Å². The number of hydrogen-bond donors (Lipinski definition) is 3. The minimum Gasteiger partial charge on any atom is -0.391 e. The van der Waals surface area contributed by atoms with Gasteiger partial charge >= 0.3 is 0 Å². The topological polar surface area (TPSA) is 75.3 Å². The number of aliphatic hydroxyl groups excluding tert-OH is 1. The van der Waals surface area contributed by atoms with E-state index in [1.54, 1.807) is 0 Å². The van der Waals surface area contributed by atoms with Gasteiger partial charge in [0.05, 0.1) is 6.10 Å². The van der Waals surface area contributed by atoms with E-state index in [0.29, 0.717) is 31.8 Å². The number of nitrogens with one attached hydrogen (secondary N) is 1. The molecule has 0 fully saturated rings. The van der Waals surface area contributed by atoms with Crippen LogP contribution in [0.3, 0.4) is 0 Å². The van der Waals surface area contributed by atoms with E-state index < -0.39 is 6.10 Å². The van der Waals surface area contributed by atoms with Crippen molar-refractivity contribution >= 4 is 5.91 Å². The molecule has 0 aromatic rings. The number of aliphatic hydroxyl groups is 1. The highest BCUT2D eigenvalue weighted by Crippen LogP contribution is 2.14. The molecule has 1 amide bonds. The highest BCUT2D eigenvalue weighted by Gasteiger charge is 2.09. The van der Waals surface area contributed by atoms with Gasteiger partial charge < -0.3 is 16.2 Å². The van der Waals surface area contributed by atoms with Gasteiger partial charge in [-0.15, -0.1) is 0 Å². The summed E-state index contributed by atoms with van der Waals surface area (Å²) in [7, 11) is 0. The van der Waals surface area contributed by atoms with E-state index in [1.807, 2.05) is 6.92 Å². The van der Waals surface area contributed by atoms with Crippen molar-refractivity contribution in [3.05, 3.63) is 0 Å². The van der Waals surface area contributed by atoms with Crippen LogP contribution in [0.25, 0.3) is 0 Å². The summed E-state index contributed by atoms with van der Waals surface area (Å²) in [6.45, 7) is 5.07. The van der Waals surface area contributed by atoms with Gasteiger partial charge in [-0.05, 0) is 31.7 Å². The molecule has 0 saturated heterocycles. The quantitative estimate of drug-likeness (QED) is 0.554. The first-order valence-corrected chi connectivity index (χ1v) is 6.28. The van der Waals surface area contributed by atoms with Crippen LogP contribution in [-0.2, 0) is 4.79 Å². The molecule has 2 unspecified atom stereocenters. The zero-order valence-electron chi connectivity index (χ0n) is 10.5. The number of carbonyl (C=O) groups excluding carboxylic acids is 1. The Hall–Kier alpha value is -0.610. The number of carbonyl (C=O) groups is 1. The van der Waals surface area contributed by atoms with Gasteiger partial charge in [0.25, 0.3) is 0 Å². The lowest BCUT2D eigenvalue weighted by molar-refractivity contribution is -0.121. The Bertz CT molecular complexity index is 186. The number of amides is 1. The lowest BCUT2D eigenvalue weighted by atomic mass is 9.96. The van der Waals surface area contributed by atoms with Crippen LogP contribution < -0.4 is 11.1 Å². The average Bonchev–Trinajstić information content (AvgIpc) is 2.31. The number of hydrogen-bond acceptors (Lipinski definition) is 3. The Labute approximate surface area is 98.6 Å². The molecule has 4 heteroatoms. The Kier molecular flexibility index (Phi) is 9.24. The summed E-state index contributed by atoms with van der Waals surface area (Å²) in [6.07, 6.45) is 3.74. The minimum absolute atomic E-state index is 0.0305. The Morgan fingerprint density at radius 1 is 1.31 bits per heavy atom. The SMILES string of the molecule is CCC(O)CNC(=O)CCC(CC)CCN. The first kappa shape index (κ1) is 15.4. The van der Waals surface area contributed by atoms with E-state index in [1.165, 1.54) is 0 Å². The van der Waals surface area contributed by atoms with Crippen LogP contribution >= 0.6 is 0 Å². The van der Waals surface area contributed by atoms with E-state index in [9.17, 15) is 9.90 Å². The fourth-order valence-electron chi connectivity index (χ4n) is 1.59. The molecule has 0 spiro atoms. The standard InChI is InChI=1S/C12H26N2O2/c1-3-10(7-8-13)5-6-12(16)14-9-11(15)4-2/h10-11,15H,3-9,13H2,1-2H3,(H,14,16). The first-order valence-electron chi connectivity index (χ1n) is 6.28. The summed E-state index contributed by atoms with van der Waals surface area (Å²) in [5.41, 5.74) is 5.49. The van der Waals surface area contributed by atoms with Gasteiger partial charge in [0.2, 0.25) is 5.91 Å². The second-order valence-electron chi connectivity index (χ2n) is 4.26. The van der Waals surface area contributed by atoms with Crippen LogP contribution in [0.2, 0.25) is 0 Å². The van der Waals surface area contributed by atoms with Crippen LogP contribution in [-0.4, -0.2) is 30.2 Å². The maximum absolute atomic E-state index is 11.4. The van der Waals surface area contributed by atoms with E-state index >= 15 is 0 Å². The maximum Gasteiger partial charge on any atom is 0.220 e. The third-order valence-corrected chi connectivity index (χ3v) is 2.94. The van der Waals surface area contributed by atoms with Gasteiger partial charge in [-0.2, -0.15) is 0 Å². The molecule has 0 aromatic carbocycles. The lowest BCUT2D eigenvalue weighted by Gasteiger charge is -2.14. The summed E-state index contributed by atoms with van der Waals surface area (Å²) in [6, 6.07) is 0. The molecule has 0 rings (SSSR count). The van der Waals surface area contributed by atoms with Crippen molar-refractivity contribution in [1.82, 2.24) is 5.32 Å². The molecule has 0 radical (unpaired) electrons. The van der Waals surface area contributed by atoms with Crippen molar-refractivity contribution in [2.45, 2.75) is 52.1 Å². The average molecular weight is 230 g/mol. The summed E-state index contributed by atoms with van der Waals surface area (Å²) in [5, 5.41) is 12.0. The molecule has 16 heavy (non-hydrogen) atoms. The van der Waals surface area contributed by atoms with Crippen LogP contribution in [0, 0.1) is 5.92 Å². The Morgan fingerprint density at radius 3 is 2.50 bits per heavy atom. The molecule has 4 N–H and O–H groups in total. The molecule has 0 saturated carbocycles. The molecule has 0 aliphatic carbocycles. The van der Waals surface area contributed by atoms with Crippen LogP contribution in [0.5, 0.6) is 0 Å². The number of nitrogens with two attached hydrogens (primary N) is 1. The smallest absolute Gasteiger partial charge is 0.220 e. The largest absolute Gasteiger partial charge is 0.391 e. The third-order valence-electron chi connectivity index (χ3n) is 2.94. The van der Waals surface area contributed by atoms with Crippen molar-refractivity contribution in [2.75, 3.05) is 13.1 Å². The second kappa shape index (κ2) is 9.60. The molecule has 2 atom stereocenters. The summed E-state index contributed by atoms with van der Waals surface area (Å²) in [5.74, 6) is 0.579. The van der Waals surface area contributed by atoms with E-state index in [4.69, 9.17) is 5.73 Å². The fraction of sp³-hybridized carbons (Fsp3) is 0.917. The van der Waals surface area contributed by atoms with Crippen molar-refractivity contribution in [1.29, 1.82) is 0 Å². The van der Waals surface area contributed by atoms with Crippen LogP contribution in [0.4, 0.5) is 0 Å². The summed E-state index contributed by atoms with van der Waals surface area (Å²) < 4.78 is 0. The second-order valence-corrected chi connectivity index (χ2v) is 4.26. The van der Waals surface area contributed by atoms with Crippen LogP contribution in [0.1, 0.15) is 46.0 Å². The zero-order chi connectivity index (χ0) is 12.4. The van der Waals surface area contributed by atoms with Crippen molar-refractivity contribution in [3.63, 3.8) is 0 Å². The van der Waals surface area contributed by atoms with Gasteiger partial charge in [0.15, 0.2) is 0 Å². The fourth-order valence-corrected chi connectivity index (χ4v) is 1.59. The molecule has 0 heterocycles. The Morgan fingerprint density at radius 2 is 2.00 bits per heavy atom. The first-order chi connectivity index (χ1) is 7.63. The highest BCUT2D eigenvalue weighted by atomic mass is 16.3. The van der Waals surface area contributed by atoms with Gasteiger partial charge in [-0.25, -0.2) is 0 Å². The van der Waals surface area contributed by atoms with E-state index in [0.717, 1.165) is 19.3 Å². The highest BCUT2D eigenvalue weighted by molar-refractivity contribution is 5.75. The summed E-state index contributed by atoms with van der Waals surface area (Å²) >= 11 is 0. The van der Waals surface area contributed by atoms with E-state index in [-0.39, 0.29) is 5.91 Å². The van der Waals surface area contributed by atoms with Gasteiger partial charge in [-0.1, -0.05) is 20.3 Å². The van der Waals surface area contributed by atoms with Crippen molar-refractivity contribution < 1.29 is 9.90 Å². The molecular weight excluding hydrogens is 204 g/mol. The Balaban J connectivity index is 3.62. The number of rotatable bonds is 9. The van der Waals surface area contributed by atoms with Crippen molar-refractivity contribution in [2.24, 2.45) is 11.7 Å². The summed E-state index contributed by atoms with van der Waals surface area (Å²) in [4.78, 5) is 11.4. The van der Waals surface area contributed by atoms with Crippen molar-refractivity contribution in [3.8, 4) is 0 Å². The molecule has 0 aromatic heterocycles. The lowest BCUT2D eigenvalue weighted by Crippen LogP contribution is -2.31. The molecular formula is C12H26N2O2. The maximum atomic E-state index is 11.4. The van der Waals surface area contributed by atoms with Gasteiger partial charge in [-0.3, -0.25) is 4.79 Å². The monoisotopic (exact) mass is 230 g/mol. The molecule has 96 valence electrons. The normalized spacial score (nSPS) is 14.5. The van der Waals surface area contributed by atoms with Crippen LogP contribution in [0.15, 0.2) is 0 Å². The molecule has 0 bridgehead atoms. The minimum atomic E-state index is -0.421.